The molecular formula is C17H17BrN8. The van der Waals surface area contributed by atoms with Gasteiger partial charge in [-0.3, -0.25) is 0 Å². The van der Waals surface area contributed by atoms with E-state index in [0.717, 1.165) is 46.0 Å². The fraction of sp³-hybridized carbons (Fsp3) is 0.294. The third kappa shape index (κ3) is 2.68. The highest BCUT2D eigenvalue weighted by Crippen LogP contribution is 2.23. The molecular weight excluding hydrogens is 396 g/mol. The van der Waals surface area contributed by atoms with Gasteiger partial charge < -0.3 is 15.2 Å². The van der Waals surface area contributed by atoms with Gasteiger partial charge in [-0.25, -0.2) is 4.98 Å². The molecule has 0 atom stereocenters. The molecule has 1 saturated heterocycles. The Morgan fingerprint density at radius 3 is 2.81 bits per heavy atom. The summed E-state index contributed by atoms with van der Waals surface area (Å²) in [6.45, 7) is 2.51. The van der Waals surface area contributed by atoms with E-state index in [-0.39, 0.29) is 0 Å². The van der Waals surface area contributed by atoms with Crippen LogP contribution in [-0.4, -0.2) is 42.6 Å². The van der Waals surface area contributed by atoms with E-state index in [1.54, 1.807) is 10.7 Å². The topological polar surface area (TPSA) is 87.0 Å². The van der Waals surface area contributed by atoms with Crippen LogP contribution in [0.5, 0.6) is 0 Å². The molecule has 0 aliphatic carbocycles. The van der Waals surface area contributed by atoms with Gasteiger partial charge in [0.2, 0.25) is 11.9 Å². The summed E-state index contributed by atoms with van der Waals surface area (Å²) in [6, 6.07) is 7.99. The van der Waals surface area contributed by atoms with Crippen molar-refractivity contribution in [3.05, 3.63) is 40.8 Å². The molecule has 26 heavy (non-hydrogen) atoms. The molecule has 0 spiro atoms. The number of rotatable bonds is 4. The summed E-state index contributed by atoms with van der Waals surface area (Å²) in [6.07, 6.45) is 4.09. The Hall–Kier alpha value is -2.68. The number of H-pyrrole nitrogens is 1. The minimum Gasteiger partial charge on any atom is -0.347 e. The predicted octanol–water partition coefficient (Wildman–Crippen LogP) is 2.98. The maximum absolute atomic E-state index is 4.71. The molecule has 1 aliphatic heterocycles. The summed E-state index contributed by atoms with van der Waals surface area (Å²) in [4.78, 5) is 19.5. The van der Waals surface area contributed by atoms with Crippen molar-refractivity contribution in [2.24, 2.45) is 0 Å². The van der Waals surface area contributed by atoms with Gasteiger partial charge in [-0.15, -0.1) is 0 Å². The maximum Gasteiger partial charge on any atom is 0.230 e. The van der Waals surface area contributed by atoms with E-state index in [1.807, 2.05) is 24.3 Å². The molecule has 0 radical (unpaired) electrons. The average Bonchev–Trinajstić information content (AvgIpc) is 3.39. The molecule has 132 valence electrons. The Morgan fingerprint density at radius 2 is 1.96 bits per heavy atom. The fourth-order valence-electron chi connectivity index (χ4n) is 3.26. The Kier molecular flexibility index (Phi) is 3.74. The summed E-state index contributed by atoms with van der Waals surface area (Å²) >= 11 is 3.52. The van der Waals surface area contributed by atoms with Crippen LogP contribution in [0.1, 0.15) is 18.7 Å². The van der Waals surface area contributed by atoms with E-state index >= 15 is 0 Å². The van der Waals surface area contributed by atoms with Crippen molar-refractivity contribution >= 4 is 44.5 Å². The number of fused-ring (bicyclic) bond motifs is 2. The molecule has 0 amide bonds. The SMILES string of the molecule is Brc1cnn2c(NCc3nc4ccccc4[nH]3)nc(N3CCCC3)nc12. The van der Waals surface area contributed by atoms with E-state index in [1.165, 1.54) is 12.8 Å². The standard InChI is InChI=1S/C17H17BrN8/c18-11-9-20-26-15(11)23-17(25-7-3-4-8-25)24-16(26)19-10-14-21-12-5-1-2-6-13(12)22-14/h1-2,5-6,9H,3-4,7-8,10H2,(H,21,22)(H,19,23,24). The Morgan fingerprint density at radius 1 is 1.12 bits per heavy atom. The fourth-order valence-corrected chi connectivity index (χ4v) is 3.61. The van der Waals surface area contributed by atoms with E-state index < -0.39 is 0 Å². The van der Waals surface area contributed by atoms with E-state index in [4.69, 9.17) is 4.98 Å². The Balaban J connectivity index is 1.48. The minimum atomic E-state index is 0.526. The largest absolute Gasteiger partial charge is 0.347 e. The molecule has 9 heteroatoms. The first-order valence-corrected chi connectivity index (χ1v) is 9.41. The number of nitrogens with zero attached hydrogens (tertiary/aromatic N) is 6. The first kappa shape index (κ1) is 15.6. The third-order valence-electron chi connectivity index (χ3n) is 4.55. The smallest absolute Gasteiger partial charge is 0.230 e. The zero-order valence-corrected chi connectivity index (χ0v) is 15.6. The van der Waals surface area contributed by atoms with Crippen LogP contribution in [0, 0.1) is 0 Å². The highest BCUT2D eigenvalue weighted by atomic mass is 79.9. The van der Waals surface area contributed by atoms with Crippen molar-refractivity contribution in [3.8, 4) is 0 Å². The predicted molar refractivity (Wildman–Crippen MR) is 103 cm³/mol. The second-order valence-electron chi connectivity index (χ2n) is 6.32. The van der Waals surface area contributed by atoms with Crippen LogP contribution in [0.15, 0.2) is 34.9 Å². The molecule has 2 N–H and O–H groups in total. The molecule has 0 bridgehead atoms. The molecule has 4 heterocycles. The highest BCUT2D eigenvalue weighted by molar-refractivity contribution is 9.10. The molecule has 1 fully saturated rings. The maximum atomic E-state index is 4.71. The van der Waals surface area contributed by atoms with Crippen molar-refractivity contribution in [2.75, 3.05) is 23.3 Å². The molecule has 0 saturated carbocycles. The average molecular weight is 413 g/mol. The van der Waals surface area contributed by atoms with Crippen LogP contribution in [0.2, 0.25) is 0 Å². The summed E-state index contributed by atoms with van der Waals surface area (Å²) in [5.41, 5.74) is 2.74. The van der Waals surface area contributed by atoms with Gasteiger partial charge in [-0.05, 0) is 40.9 Å². The van der Waals surface area contributed by atoms with E-state index in [0.29, 0.717) is 12.5 Å². The van der Waals surface area contributed by atoms with Crippen molar-refractivity contribution in [1.29, 1.82) is 0 Å². The van der Waals surface area contributed by atoms with Gasteiger partial charge in [-0.1, -0.05) is 12.1 Å². The number of halogens is 1. The number of aromatic nitrogens is 6. The third-order valence-corrected chi connectivity index (χ3v) is 5.11. The van der Waals surface area contributed by atoms with Crippen LogP contribution in [0.3, 0.4) is 0 Å². The lowest BCUT2D eigenvalue weighted by Gasteiger charge is -2.16. The molecule has 5 rings (SSSR count). The first-order valence-electron chi connectivity index (χ1n) is 8.62. The first-order chi connectivity index (χ1) is 12.8. The summed E-state index contributed by atoms with van der Waals surface area (Å²) in [5, 5.41) is 7.72. The lowest BCUT2D eigenvalue weighted by Crippen LogP contribution is -2.22. The number of nitrogens with one attached hydrogen (secondary N) is 2. The minimum absolute atomic E-state index is 0.526. The second-order valence-corrected chi connectivity index (χ2v) is 7.18. The van der Waals surface area contributed by atoms with Gasteiger partial charge in [0.1, 0.15) is 5.82 Å². The summed E-state index contributed by atoms with van der Waals surface area (Å²) < 4.78 is 2.57. The number of hydrogen-bond acceptors (Lipinski definition) is 6. The Labute approximate surface area is 157 Å². The van der Waals surface area contributed by atoms with Crippen LogP contribution in [-0.2, 0) is 6.54 Å². The van der Waals surface area contributed by atoms with Crippen molar-refractivity contribution < 1.29 is 0 Å². The van der Waals surface area contributed by atoms with Gasteiger partial charge in [0, 0.05) is 13.1 Å². The van der Waals surface area contributed by atoms with Gasteiger partial charge in [-0.2, -0.15) is 19.6 Å². The number of para-hydroxylation sites is 2. The van der Waals surface area contributed by atoms with Crippen LogP contribution < -0.4 is 10.2 Å². The highest BCUT2D eigenvalue weighted by Gasteiger charge is 2.19. The van der Waals surface area contributed by atoms with Crippen molar-refractivity contribution in [3.63, 3.8) is 0 Å². The molecule has 0 unspecified atom stereocenters. The molecule has 3 aromatic heterocycles. The van der Waals surface area contributed by atoms with Crippen molar-refractivity contribution in [1.82, 2.24) is 29.5 Å². The molecule has 8 nitrogen and oxygen atoms in total. The zero-order valence-electron chi connectivity index (χ0n) is 14.0. The number of imidazole rings is 1. The molecule has 4 aromatic rings. The van der Waals surface area contributed by atoms with E-state index in [2.05, 4.69) is 46.2 Å². The van der Waals surface area contributed by atoms with Gasteiger partial charge in [0.05, 0.1) is 28.2 Å². The number of anilines is 2. The Bertz CT molecular complexity index is 1050. The number of hydrogen-bond donors (Lipinski definition) is 2. The summed E-state index contributed by atoms with van der Waals surface area (Å²) in [7, 11) is 0. The van der Waals surface area contributed by atoms with Gasteiger partial charge in [0.15, 0.2) is 5.65 Å². The van der Waals surface area contributed by atoms with Crippen molar-refractivity contribution in [2.45, 2.75) is 19.4 Å². The molecule has 1 aliphatic rings. The number of aromatic amines is 1. The molecule has 1 aromatic carbocycles. The zero-order chi connectivity index (χ0) is 17.5. The quantitative estimate of drug-likeness (QED) is 0.535. The van der Waals surface area contributed by atoms with Gasteiger partial charge in [0.25, 0.3) is 0 Å². The lowest BCUT2D eigenvalue weighted by molar-refractivity contribution is 0.834. The van der Waals surface area contributed by atoms with Crippen LogP contribution >= 0.6 is 15.9 Å². The summed E-state index contributed by atoms with van der Waals surface area (Å²) in [5.74, 6) is 2.25. The van der Waals surface area contributed by atoms with Gasteiger partial charge >= 0.3 is 0 Å². The normalized spacial score (nSPS) is 14.6. The lowest BCUT2D eigenvalue weighted by atomic mass is 10.3. The second kappa shape index (κ2) is 6.24. The number of benzene rings is 1. The monoisotopic (exact) mass is 412 g/mol. The van der Waals surface area contributed by atoms with Crippen LogP contribution in [0.25, 0.3) is 16.7 Å². The van der Waals surface area contributed by atoms with Crippen LogP contribution in [0.4, 0.5) is 11.9 Å². The van der Waals surface area contributed by atoms with E-state index in [9.17, 15) is 0 Å².